The van der Waals surface area contributed by atoms with Gasteiger partial charge in [-0.15, -0.1) is 0 Å². The minimum Gasteiger partial charge on any atom is -0.497 e. The second-order valence-corrected chi connectivity index (χ2v) is 6.28. The molecule has 0 aliphatic carbocycles. The molecule has 130 valence electrons. The number of alkyl halides is 2. The summed E-state index contributed by atoms with van der Waals surface area (Å²) in [7, 11) is 5.74. The normalized spacial score (nSPS) is 22.6. The van der Waals surface area contributed by atoms with Crippen LogP contribution < -0.4 is 9.47 Å². The average Bonchev–Trinajstić information content (AvgIpc) is 2.51. The number of piperidine rings is 1. The molecule has 0 bridgehead atoms. The molecule has 1 fully saturated rings. The van der Waals surface area contributed by atoms with Gasteiger partial charge < -0.3 is 14.4 Å². The van der Waals surface area contributed by atoms with Gasteiger partial charge in [-0.2, -0.15) is 8.78 Å². The molecule has 0 spiro atoms. The topological polar surface area (TPSA) is 24.9 Å². The first-order valence-electron chi connectivity index (χ1n) is 7.93. The highest BCUT2D eigenvalue weighted by molar-refractivity contribution is 5.40. The van der Waals surface area contributed by atoms with Crippen molar-refractivity contribution in [2.24, 2.45) is 0 Å². The molecule has 1 aromatic carbocycles. The molecule has 2 atom stereocenters. The number of likely N-dealkylation sites (tertiary alicyclic amines) is 1. The number of hydrogen-bond donors (Lipinski definition) is 0. The number of ether oxygens (including phenoxy) is 2. The van der Waals surface area contributed by atoms with E-state index >= 15 is 0 Å². The predicted molar refractivity (Wildman–Crippen MR) is 86.2 cm³/mol. The molecule has 1 saturated heterocycles. The summed E-state index contributed by atoms with van der Waals surface area (Å²) in [6, 6.07) is 5.92. The Balaban J connectivity index is 2.10. The molecule has 0 N–H and O–H groups in total. The fraction of sp³-hybridized carbons (Fsp3) is 0.647. The summed E-state index contributed by atoms with van der Waals surface area (Å²) in [5.74, 6) is 0.861. The molecule has 2 rings (SSSR count). The fourth-order valence-corrected chi connectivity index (χ4v) is 3.08. The van der Waals surface area contributed by atoms with E-state index in [0.717, 1.165) is 24.9 Å². The van der Waals surface area contributed by atoms with E-state index in [1.165, 1.54) is 0 Å². The van der Waals surface area contributed by atoms with Gasteiger partial charge in [0.15, 0.2) is 0 Å². The summed E-state index contributed by atoms with van der Waals surface area (Å²) < 4.78 is 35.0. The van der Waals surface area contributed by atoms with E-state index in [0.29, 0.717) is 24.4 Å². The van der Waals surface area contributed by atoms with Gasteiger partial charge in [0.2, 0.25) is 0 Å². The lowest BCUT2D eigenvalue weighted by Crippen LogP contribution is -2.46. The zero-order valence-corrected chi connectivity index (χ0v) is 14.3. The third-order valence-electron chi connectivity index (χ3n) is 4.71. The molecule has 1 heterocycles. The average molecular weight is 328 g/mol. The lowest BCUT2D eigenvalue weighted by atomic mass is 9.97. The maximum atomic E-state index is 12.6. The molecule has 0 amide bonds. The van der Waals surface area contributed by atoms with E-state index in [4.69, 9.17) is 4.74 Å². The van der Waals surface area contributed by atoms with Crippen LogP contribution >= 0.6 is 0 Å². The van der Waals surface area contributed by atoms with E-state index in [1.807, 2.05) is 7.05 Å². The second kappa shape index (κ2) is 7.93. The molecular formula is C17H26F2N2O2. The molecule has 0 saturated carbocycles. The van der Waals surface area contributed by atoms with Crippen molar-refractivity contribution in [3.63, 3.8) is 0 Å². The Labute approximate surface area is 137 Å². The molecule has 6 heteroatoms. The molecule has 1 aliphatic heterocycles. The SMILES string of the molecule is COc1ccc(OC(F)F)c(CN(C)[C@@H]2CCN(C)[C@H](C)C2)c1. The van der Waals surface area contributed by atoms with Crippen LogP contribution in [0.1, 0.15) is 25.3 Å². The van der Waals surface area contributed by atoms with Crippen LogP contribution in [0.5, 0.6) is 11.5 Å². The first-order chi connectivity index (χ1) is 10.9. The summed E-state index contributed by atoms with van der Waals surface area (Å²) in [6.07, 6.45) is 2.15. The van der Waals surface area contributed by atoms with Gasteiger partial charge >= 0.3 is 6.61 Å². The monoisotopic (exact) mass is 328 g/mol. The van der Waals surface area contributed by atoms with Crippen molar-refractivity contribution in [2.75, 3.05) is 27.7 Å². The highest BCUT2D eigenvalue weighted by atomic mass is 19.3. The summed E-state index contributed by atoms with van der Waals surface area (Å²) >= 11 is 0. The van der Waals surface area contributed by atoms with Crippen molar-refractivity contribution in [2.45, 2.75) is 45.0 Å². The van der Waals surface area contributed by atoms with Crippen molar-refractivity contribution in [1.29, 1.82) is 0 Å². The Morgan fingerprint density at radius 1 is 1.39 bits per heavy atom. The molecule has 23 heavy (non-hydrogen) atoms. The second-order valence-electron chi connectivity index (χ2n) is 6.28. The number of nitrogens with zero attached hydrogens (tertiary/aromatic N) is 2. The Morgan fingerprint density at radius 2 is 2.13 bits per heavy atom. The third-order valence-corrected chi connectivity index (χ3v) is 4.71. The van der Waals surface area contributed by atoms with Crippen LogP contribution in [-0.2, 0) is 6.54 Å². The number of hydrogen-bond acceptors (Lipinski definition) is 4. The van der Waals surface area contributed by atoms with Gasteiger partial charge in [-0.3, -0.25) is 4.90 Å². The molecule has 0 unspecified atom stereocenters. The van der Waals surface area contributed by atoms with Crippen molar-refractivity contribution in [3.8, 4) is 11.5 Å². The van der Waals surface area contributed by atoms with Crippen molar-refractivity contribution in [1.82, 2.24) is 9.80 Å². The summed E-state index contributed by atoms with van der Waals surface area (Å²) in [4.78, 5) is 4.57. The van der Waals surface area contributed by atoms with Crippen LogP contribution in [0.4, 0.5) is 8.78 Å². The molecule has 1 aliphatic rings. The van der Waals surface area contributed by atoms with E-state index in [2.05, 4.69) is 28.5 Å². The Hall–Kier alpha value is -1.40. The van der Waals surface area contributed by atoms with Gasteiger partial charge in [-0.1, -0.05) is 0 Å². The highest BCUT2D eigenvalue weighted by Crippen LogP contribution is 2.28. The predicted octanol–water partition coefficient (Wildman–Crippen LogP) is 3.21. The van der Waals surface area contributed by atoms with Crippen LogP contribution in [0.25, 0.3) is 0 Å². The van der Waals surface area contributed by atoms with Gasteiger partial charge in [-0.05, 0) is 58.6 Å². The van der Waals surface area contributed by atoms with Crippen molar-refractivity contribution in [3.05, 3.63) is 23.8 Å². The molecule has 1 aromatic rings. The van der Waals surface area contributed by atoms with E-state index in [9.17, 15) is 8.78 Å². The minimum absolute atomic E-state index is 0.216. The van der Waals surface area contributed by atoms with E-state index < -0.39 is 6.61 Å². The van der Waals surface area contributed by atoms with Gasteiger partial charge in [0, 0.05) is 24.2 Å². The summed E-state index contributed by atoms with van der Waals surface area (Å²) in [5, 5.41) is 0. The highest BCUT2D eigenvalue weighted by Gasteiger charge is 2.26. The lowest BCUT2D eigenvalue weighted by Gasteiger charge is -2.39. The van der Waals surface area contributed by atoms with Gasteiger partial charge in [0.25, 0.3) is 0 Å². The zero-order valence-electron chi connectivity index (χ0n) is 14.3. The fourth-order valence-electron chi connectivity index (χ4n) is 3.08. The first-order valence-corrected chi connectivity index (χ1v) is 7.93. The van der Waals surface area contributed by atoms with Crippen molar-refractivity contribution >= 4 is 0 Å². The molecule has 4 nitrogen and oxygen atoms in total. The Bertz CT molecular complexity index is 513. The summed E-state index contributed by atoms with van der Waals surface area (Å²) in [6.45, 7) is 1.00. The first kappa shape index (κ1) is 17.9. The van der Waals surface area contributed by atoms with Crippen molar-refractivity contribution < 1.29 is 18.3 Å². The number of benzene rings is 1. The van der Waals surface area contributed by atoms with Crippen LogP contribution in [-0.4, -0.2) is 56.2 Å². The quantitative estimate of drug-likeness (QED) is 0.800. The van der Waals surface area contributed by atoms with E-state index in [1.54, 1.807) is 25.3 Å². The third kappa shape index (κ3) is 4.78. The van der Waals surface area contributed by atoms with E-state index in [-0.39, 0.29) is 5.75 Å². The smallest absolute Gasteiger partial charge is 0.387 e. The molecule has 0 aromatic heterocycles. The van der Waals surface area contributed by atoms with Crippen LogP contribution in [0.2, 0.25) is 0 Å². The van der Waals surface area contributed by atoms with Crippen LogP contribution in [0, 0.1) is 0 Å². The Morgan fingerprint density at radius 3 is 2.74 bits per heavy atom. The van der Waals surface area contributed by atoms with Crippen LogP contribution in [0.15, 0.2) is 18.2 Å². The number of halogens is 2. The van der Waals surface area contributed by atoms with Gasteiger partial charge in [0.1, 0.15) is 11.5 Å². The summed E-state index contributed by atoms with van der Waals surface area (Å²) in [5.41, 5.74) is 0.721. The van der Waals surface area contributed by atoms with Gasteiger partial charge in [0.05, 0.1) is 7.11 Å². The lowest BCUT2D eigenvalue weighted by molar-refractivity contribution is -0.0509. The molecule has 0 radical (unpaired) electrons. The zero-order chi connectivity index (χ0) is 17.0. The largest absolute Gasteiger partial charge is 0.497 e. The Kier molecular flexibility index (Phi) is 6.18. The number of rotatable bonds is 6. The minimum atomic E-state index is -2.82. The maximum Gasteiger partial charge on any atom is 0.387 e. The maximum absolute atomic E-state index is 12.6. The molecular weight excluding hydrogens is 302 g/mol. The van der Waals surface area contributed by atoms with Crippen LogP contribution in [0.3, 0.4) is 0 Å². The number of methoxy groups -OCH3 is 1. The van der Waals surface area contributed by atoms with Gasteiger partial charge in [-0.25, -0.2) is 0 Å². The standard InChI is InChI=1S/C17H26F2N2O2/c1-12-9-14(7-8-20(12)2)21(3)11-13-10-15(22-4)5-6-16(13)23-17(18)19/h5-6,10,12,14,17H,7-9,11H2,1-4H3/t12-,14-/m1/s1.